The van der Waals surface area contributed by atoms with Crippen molar-refractivity contribution >= 4 is 23.4 Å². The molecule has 3 aromatic rings. The first-order chi connectivity index (χ1) is 12.5. The molecule has 2 aromatic heterocycles. The van der Waals surface area contributed by atoms with Crippen LogP contribution >= 0.6 is 0 Å². The highest BCUT2D eigenvalue weighted by Gasteiger charge is 2.14. The molecule has 0 radical (unpaired) electrons. The molecular formula is C17H19N7O2. The maximum Gasteiger partial charge on any atom is 0.253 e. The van der Waals surface area contributed by atoms with Crippen molar-refractivity contribution in [1.29, 1.82) is 0 Å². The van der Waals surface area contributed by atoms with E-state index >= 15 is 0 Å². The van der Waals surface area contributed by atoms with Gasteiger partial charge in [-0.3, -0.25) is 4.79 Å². The molecule has 134 valence electrons. The van der Waals surface area contributed by atoms with E-state index in [0.717, 1.165) is 5.69 Å². The van der Waals surface area contributed by atoms with Gasteiger partial charge in [0.15, 0.2) is 0 Å². The van der Waals surface area contributed by atoms with Crippen molar-refractivity contribution in [2.24, 2.45) is 0 Å². The van der Waals surface area contributed by atoms with Crippen molar-refractivity contribution in [1.82, 2.24) is 25.1 Å². The summed E-state index contributed by atoms with van der Waals surface area (Å²) in [4.78, 5) is 21.9. The molecule has 3 rings (SSSR count). The van der Waals surface area contributed by atoms with E-state index in [1.54, 1.807) is 38.4 Å². The molecular weight excluding hydrogens is 334 g/mol. The molecule has 2 heterocycles. The van der Waals surface area contributed by atoms with Crippen molar-refractivity contribution in [3.63, 3.8) is 0 Å². The molecule has 0 bridgehead atoms. The van der Waals surface area contributed by atoms with Crippen molar-refractivity contribution in [3.8, 4) is 11.5 Å². The first kappa shape index (κ1) is 17.3. The molecule has 1 aromatic carbocycles. The highest BCUT2D eigenvalue weighted by molar-refractivity contribution is 5.94. The number of aryl methyl sites for hydroxylation is 1. The summed E-state index contributed by atoms with van der Waals surface area (Å²) < 4.78 is 5.47. The molecule has 9 nitrogen and oxygen atoms in total. The van der Waals surface area contributed by atoms with E-state index in [1.807, 2.05) is 6.92 Å². The summed E-state index contributed by atoms with van der Waals surface area (Å²) in [7, 11) is 3.42. The zero-order chi connectivity index (χ0) is 18.7. The lowest BCUT2D eigenvalue weighted by atomic mass is 10.2. The molecule has 0 aliphatic heterocycles. The third-order valence-corrected chi connectivity index (χ3v) is 3.61. The minimum absolute atomic E-state index is 0.0626. The second-order valence-electron chi connectivity index (χ2n) is 5.75. The fraction of sp³-hybridized carbons (Fsp3) is 0.235. The standard InChI is InChI=1S/C17H19N7O2/c1-4-13-22-23-15(26-13)12-9-19-17(21-14(12)18)20-11-7-5-10(6-8-11)16(25)24(2)3/h5-9H,4H2,1-3H3,(H3,18,19,20,21). The minimum Gasteiger partial charge on any atom is -0.421 e. The van der Waals surface area contributed by atoms with E-state index < -0.39 is 0 Å². The number of nitrogens with zero attached hydrogens (tertiary/aromatic N) is 5. The Kier molecular flexibility index (Phi) is 4.78. The van der Waals surface area contributed by atoms with Crippen molar-refractivity contribution in [3.05, 3.63) is 41.9 Å². The monoisotopic (exact) mass is 353 g/mol. The summed E-state index contributed by atoms with van der Waals surface area (Å²) in [5.74, 6) is 1.31. The van der Waals surface area contributed by atoms with Gasteiger partial charge in [0.05, 0.1) is 5.56 Å². The average Bonchev–Trinajstić information content (AvgIpc) is 3.10. The van der Waals surface area contributed by atoms with Gasteiger partial charge in [-0.15, -0.1) is 10.2 Å². The van der Waals surface area contributed by atoms with Crippen LogP contribution in [0.5, 0.6) is 0 Å². The zero-order valence-corrected chi connectivity index (χ0v) is 14.7. The second-order valence-corrected chi connectivity index (χ2v) is 5.75. The van der Waals surface area contributed by atoms with Gasteiger partial charge in [0.2, 0.25) is 11.8 Å². The van der Waals surface area contributed by atoms with Crippen LogP contribution in [0.15, 0.2) is 34.9 Å². The van der Waals surface area contributed by atoms with E-state index in [-0.39, 0.29) is 17.6 Å². The molecule has 0 aliphatic rings. The summed E-state index contributed by atoms with van der Waals surface area (Å²) in [5.41, 5.74) is 7.80. The summed E-state index contributed by atoms with van der Waals surface area (Å²) in [6, 6.07) is 7.01. The van der Waals surface area contributed by atoms with Crippen LogP contribution in [-0.4, -0.2) is 45.1 Å². The molecule has 0 atom stereocenters. The Bertz CT molecular complexity index is 919. The largest absolute Gasteiger partial charge is 0.421 e. The average molecular weight is 353 g/mol. The smallest absolute Gasteiger partial charge is 0.253 e. The van der Waals surface area contributed by atoms with Gasteiger partial charge in [-0.2, -0.15) is 4.98 Å². The van der Waals surface area contributed by atoms with Gasteiger partial charge in [-0.05, 0) is 24.3 Å². The Labute approximate surface area is 150 Å². The fourth-order valence-corrected chi connectivity index (χ4v) is 2.21. The van der Waals surface area contributed by atoms with Crippen molar-refractivity contribution in [2.75, 3.05) is 25.1 Å². The number of carbonyl (C=O) groups is 1. The van der Waals surface area contributed by atoms with Crippen molar-refractivity contribution in [2.45, 2.75) is 13.3 Å². The van der Waals surface area contributed by atoms with E-state index in [0.29, 0.717) is 29.4 Å². The van der Waals surface area contributed by atoms with E-state index in [2.05, 4.69) is 25.5 Å². The second kappa shape index (κ2) is 7.18. The number of amides is 1. The number of nitrogen functional groups attached to an aromatic ring is 1. The Morgan fingerprint density at radius 2 is 1.96 bits per heavy atom. The molecule has 0 fully saturated rings. The summed E-state index contributed by atoms with van der Waals surface area (Å²) in [6.07, 6.45) is 2.17. The third kappa shape index (κ3) is 3.61. The SMILES string of the molecule is CCc1nnc(-c2cnc(Nc3ccc(C(=O)N(C)C)cc3)nc2N)o1. The lowest BCUT2D eigenvalue weighted by Crippen LogP contribution is -2.21. The zero-order valence-electron chi connectivity index (χ0n) is 14.7. The predicted molar refractivity (Wildman–Crippen MR) is 96.9 cm³/mol. The molecule has 0 saturated heterocycles. The number of benzene rings is 1. The lowest BCUT2D eigenvalue weighted by molar-refractivity contribution is 0.0827. The van der Waals surface area contributed by atoms with Gasteiger partial charge in [0, 0.05) is 38.0 Å². The first-order valence-corrected chi connectivity index (χ1v) is 8.02. The van der Waals surface area contributed by atoms with Gasteiger partial charge in [0.25, 0.3) is 11.8 Å². The molecule has 1 amide bonds. The highest BCUT2D eigenvalue weighted by atomic mass is 16.4. The summed E-state index contributed by atoms with van der Waals surface area (Å²) >= 11 is 0. The van der Waals surface area contributed by atoms with E-state index in [4.69, 9.17) is 10.2 Å². The lowest BCUT2D eigenvalue weighted by Gasteiger charge is -2.11. The van der Waals surface area contributed by atoms with E-state index in [1.165, 1.54) is 11.1 Å². The molecule has 0 aliphatic carbocycles. The number of hydrogen-bond donors (Lipinski definition) is 2. The van der Waals surface area contributed by atoms with Gasteiger partial charge < -0.3 is 20.4 Å². The maximum atomic E-state index is 11.9. The summed E-state index contributed by atoms with van der Waals surface area (Å²) in [6.45, 7) is 1.92. The number of anilines is 3. The van der Waals surface area contributed by atoms with Gasteiger partial charge in [-0.25, -0.2) is 4.98 Å². The number of aromatic nitrogens is 4. The predicted octanol–water partition coefficient (Wildman–Crippen LogP) is 2.12. The topological polar surface area (TPSA) is 123 Å². The van der Waals surface area contributed by atoms with Crippen LogP contribution in [-0.2, 0) is 6.42 Å². The Hall–Kier alpha value is -3.49. The summed E-state index contributed by atoms with van der Waals surface area (Å²) in [5, 5.41) is 10.9. The Balaban J connectivity index is 1.76. The third-order valence-electron chi connectivity index (χ3n) is 3.61. The maximum absolute atomic E-state index is 11.9. The molecule has 0 unspecified atom stereocenters. The number of rotatable bonds is 5. The minimum atomic E-state index is -0.0626. The van der Waals surface area contributed by atoms with Crippen molar-refractivity contribution < 1.29 is 9.21 Å². The van der Waals surface area contributed by atoms with Crippen LogP contribution in [0.1, 0.15) is 23.2 Å². The van der Waals surface area contributed by atoms with Crippen LogP contribution in [0.4, 0.5) is 17.5 Å². The first-order valence-electron chi connectivity index (χ1n) is 8.02. The highest BCUT2D eigenvalue weighted by Crippen LogP contribution is 2.24. The van der Waals surface area contributed by atoms with Gasteiger partial charge in [0.1, 0.15) is 5.82 Å². The van der Waals surface area contributed by atoms with Crippen LogP contribution in [0.25, 0.3) is 11.5 Å². The van der Waals surface area contributed by atoms with Crippen LogP contribution < -0.4 is 11.1 Å². The van der Waals surface area contributed by atoms with Gasteiger partial charge >= 0.3 is 0 Å². The molecule has 26 heavy (non-hydrogen) atoms. The molecule has 0 spiro atoms. The molecule has 9 heteroatoms. The molecule has 0 saturated carbocycles. The Morgan fingerprint density at radius 1 is 1.23 bits per heavy atom. The van der Waals surface area contributed by atoms with Crippen LogP contribution in [0.3, 0.4) is 0 Å². The molecule has 3 N–H and O–H groups in total. The quantitative estimate of drug-likeness (QED) is 0.715. The van der Waals surface area contributed by atoms with Gasteiger partial charge in [-0.1, -0.05) is 6.92 Å². The number of hydrogen-bond acceptors (Lipinski definition) is 8. The van der Waals surface area contributed by atoms with Crippen LogP contribution in [0, 0.1) is 0 Å². The fourth-order valence-electron chi connectivity index (χ4n) is 2.21. The number of carbonyl (C=O) groups excluding carboxylic acids is 1. The Morgan fingerprint density at radius 3 is 2.54 bits per heavy atom. The van der Waals surface area contributed by atoms with E-state index in [9.17, 15) is 4.79 Å². The number of nitrogens with one attached hydrogen (secondary N) is 1. The normalized spacial score (nSPS) is 10.6. The number of nitrogens with two attached hydrogens (primary N) is 1. The van der Waals surface area contributed by atoms with Crippen LogP contribution in [0.2, 0.25) is 0 Å².